The van der Waals surface area contributed by atoms with Crippen LogP contribution in [0.3, 0.4) is 0 Å². The third kappa shape index (κ3) is 7.65. The van der Waals surface area contributed by atoms with Crippen LogP contribution in [0.2, 0.25) is 0 Å². The Bertz CT molecular complexity index is 409. The van der Waals surface area contributed by atoms with Crippen molar-refractivity contribution in [3.05, 3.63) is 11.1 Å². The van der Waals surface area contributed by atoms with Crippen LogP contribution in [-0.4, -0.2) is 18.6 Å². The van der Waals surface area contributed by atoms with E-state index in [2.05, 4.69) is 24.1 Å². The molecule has 0 bridgehead atoms. The number of hydrogen-bond donors (Lipinski definition) is 1. The SMILES string of the molecule is [B]C(=O)Nc1ncc(C(CCCCC)CCCCCC)s1. The highest BCUT2D eigenvalue weighted by atomic mass is 32.1. The fourth-order valence-electron chi connectivity index (χ4n) is 2.53. The van der Waals surface area contributed by atoms with Gasteiger partial charge in [-0.15, -0.1) is 11.3 Å². The van der Waals surface area contributed by atoms with Gasteiger partial charge in [-0.1, -0.05) is 58.8 Å². The van der Waals surface area contributed by atoms with E-state index >= 15 is 0 Å². The van der Waals surface area contributed by atoms with Crippen LogP contribution >= 0.6 is 11.3 Å². The molecule has 1 amide bonds. The average Bonchev–Trinajstić information content (AvgIpc) is 2.89. The molecule has 0 saturated heterocycles. The minimum Gasteiger partial charge on any atom is -0.312 e. The third-order valence-electron chi connectivity index (χ3n) is 3.72. The fraction of sp³-hybridized carbons (Fsp3) is 0.750. The zero-order valence-corrected chi connectivity index (χ0v) is 14.2. The lowest BCUT2D eigenvalue weighted by Gasteiger charge is -2.14. The first kappa shape index (κ1) is 18.2. The van der Waals surface area contributed by atoms with Crippen molar-refractivity contribution in [1.29, 1.82) is 0 Å². The Kier molecular flexibility index (Phi) is 9.39. The van der Waals surface area contributed by atoms with Crippen molar-refractivity contribution in [2.75, 3.05) is 5.32 Å². The highest BCUT2D eigenvalue weighted by molar-refractivity contribution is 7.16. The third-order valence-corrected chi connectivity index (χ3v) is 4.79. The molecule has 1 aromatic heterocycles. The molecule has 116 valence electrons. The molecule has 1 unspecified atom stereocenters. The predicted molar refractivity (Wildman–Crippen MR) is 92.5 cm³/mol. The summed E-state index contributed by atoms with van der Waals surface area (Å²) in [5, 5.41) is 3.19. The van der Waals surface area contributed by atoms with Gasteiger partial charge < -0.3 is 5.32 Å². The summed E-state index contributed by atoms with van der Waals surface area (Å²) in [6.07, 6.45) is 13.3. The molecule has 0 saturated carbocycles. The summed E-state index contributed by atoms with van der Waals surface area (Å²) in [6, 6.07) is 0. The first-order valence-corrected chi connectivity index (χ1v) is 9.01. The van der Waals surface area contributed by atoms with Crippen LogP contribution in [0.4, 0.5) is 9.93 Å². The maximum absolute atomic E-state index is 10.9. The lowest BCUT2D eigenvalue weighted by molar-refractivity contribution is 0.269. The van der Waals surface area contributed by atoms with Gasteiger partial charge in [0.1, 0.15) is 0 Å². The average molecular weight is 306 g/mol. The number of amides is 1. The number of nitrogens with one attached hydrogen (secondary N) is 1. The minimum atomic E-state index is -0.540. The number of carbonyl (C=O) groups excluding carboxylic acids is 1. The molecule has 2 radical (unpaired) electrons. The molecule has 0 aliphatic carbocycles. The molecular weight excluding hydrogens is 279 g/mol. The van der Waals surface area contributed by atoms with Crippen LogP contribution in [-0.2, 0) is 0 Å². The summed E-state index contributed by atoms with van der Waals surface area (Å²) in [4.78, 5) is 16.4. The molecule has 21 heavy (non-hydrogen) atoms. The summed E-state index contributed by atoms with van der Waals surface area (Å²) in [5.74, 6) is 0.0377. The maximum atomic E-state index is 10.9. The normalized spacial score (nSPS) is 12.3. The number of aromatic nitrogens is 1. The number of thiazole rings is 1. The monoisotopic (exact) mass is 306 g/mol. The van der Waals surface area contributed by atoms with E-state index in [1.807, 2.05) is 6.20 Å². The predicted octanol–water partition coefficient (Wildman–Crippen LogP) is 5.48. The lowest BCUT2D eigenvalue weighted by atomic mass is 9.94. The van der Waals surface area contributed by atoms with Gasteiger partial charge in [0.05, 0.1) is 0 Å². The molecule has 0 aliphatic heterocycles. The first-order valence-electron chi connectivity index (χ1n) is 8.19. The van der Waals surface area contributed by atoms with Gasteiger partial charge in [-0.2, -0.15) is 0 Å². The molecule has 1 aromatic rings. The van der Waals surface area contributed by atoms with Crippen LogP contribution in [0.25, 0.3) is 0 Å². The number of anilines is 1. The molecule has 0 aliphatic rings. The smallest absolute Gasteiger partial charge is 0.201 e. The van der Waals surface area contributed by atoms with Gasteiger partial charge in [-0.25, -0.2) is 4.98 Å². The van der Waals surface area contributed by atoms with Crippen molar-refractivity contribution in [2.24, 2.45) is 0 Å². The Morgan fingerprint density at radius 1 is 1.19 bits per heavy atom. The molecular formula is C16H27BN2OS. The molecule has 0 aromatic carbocycles. The van der Waals surface area contributed by atoms with Crippen LogP contribution < -0.4 is 5.32 Å². The highest BCUT2D eigenvalue weighted by Crippen LogP contribution is 2.33. The van der Waals surface area contributed by atoms with Crippen LogP contribution in [0.5, 0.6) is 0 Å². The van der Waals surface area contributed by atoms with Gasteiger partial charge in [0.25, 0.3) is 0 Å². The van der Waals surface area contributed by atoms with E-state index in [1.165, 1.54) is 62.7 Å². The molecule has 1 heterocycles. The zero-order chi connectivity index (χ0) is 15.5. The van der Waals surface area contributed by atoms with Crippen molar-refractivity contribution in [3.8, 4) is 0 Å². The van der Waals surface area contributed by atoms with E-state index in [-0.39, 0.29) is 0 Å². The second-order valence-corrected chi connectivity index (χ2v) is 6.66. The minimum absolute atomic E-state index is 0.540. The second-order valence-electron chi connectivity index (χ2n) is 5.60. The number of nitrogens with zero attached hydrogens (tertiary/aromatic N) is 1. The fourth-order valence-corrected chi connectivity index (χ4v) is 3.51. The number of rotatable bonds is 11. The Balaban J connectivity index is 2.56. The summed E-state index contributed by atoms with van der Waals surface area (Å²) in [5.41, 5.74) is 0. The molecule has 0 fully saturated rings. The Hall–Kier alpha value is -0.835. The molecule has 1 N–H and O–H groups in total. The van der Waals surface area contributed by atoms with Crippen molar-refractivity contribution >= 4 is 30.1 Å². The summed E-state index contributed by atoms with van der Waals surface area (Å²) < 4.78 is 0. The van der Waals surface area contributed by atoms with Gasteiger partial charge in [-0.05, 0) is 18.8 Å². The van der Waals surface area contributed by atoms with E-state index < -0.39 is 5.81 Å². The van der Waals surface area contributed by atoms with Gasteiger partial charge in [-0.3, -0.25) is 4.79 Å². The number of hydrogen-bond acceptors (Lipinski definition) is 3. The van der Waals surface area contributed by atoms with E-state index in [4.69, 9.17) is 7.85 Å². The molecule has 3 nitrogen and oxygen atoms in total. The van der Waals surface area contributed by atoms with E-state index in [0.29, 0.717) is 11.0 Å². The second kappa shape index (κ2) is 10.8. The number of carbonyl (C=O) groups is 1. The molecule has 1 atom stereocenters. The van der Waals surface area contributed by atoms with E-state index in [0.717, 1.165) is 0 Å². The van der Waals surface area contributed by atoms with Crippen molar-refractivity contribution in [3.63, 3.8) is 0 Å². The van der Waals surface area contributed by atoms with Gasteiger partial charge in [0.2, 0.25) is 7.85 Å². The number of unbranched alkanes of at least 4 members (excludes halogenated alkanes) is 5. The van der Waals surface area contributed by atoms with Gasteiger partial charge in [0, 0.05) is 11.1 Å². The maximum Gasteiger partial charge on any atom is 0.201 e. The molecule has 5 heteroatoms. The molecule has 1 rings (SSSR count). The Labute approximate surface area is 134 Å². The lowest BCUT2D eigenvalue weighted by Crippen LogP contribution is -2.07. The quantitative estimate of drug-likeness (QED) is 0.434. The van der Waals surface area contributed by atoms with Crippen molar-refractivity contribution in [2.45, 2.75) is 77.6 Å². The van der Waals surface area contributed by atoms with Crippen LogP contribution in [0.15, 0.2) is 6.20 Å². The summed E-state index contributed by atoms with van der Waals surface area (Å²) >= 11 is 1.57. The van der Waals surface area contributed by atoms with Crippen molar-refractivity contribution < 1.29 is 4.79 Å². The van der Waals surface area contributed by atoms with E-state index in [1.54, 1.807) is 11.3 Å². The standard InChI is InChI=1S/C16H27BN2OS/c1-3-5-7-9-11-13(10-8-6-4-2)14-12-18-16(21-14)19-15(17)20/h12-13H,3-11H2,1-2H3,(H,18,19,20). The Morgan fingerprint density at radius 2 is 1.81 bits per heavy atom. The summed E-state index contributed by atoms with van der Waals surface area (Å²) in [7, 11) is 5.14. The first-order chi connectivity index (χ1) is 10.2. The topological polar surface area (TPSA) is 42.0 Å². The molecule has 0 spiro atoms. The largest absolute Gasteiger partial charge is 0.312 e. The van der Waals surface area contributed by atoms with Crippen LogP contribution in [0.1, 0.15) is 82.4 Å². The van der Waals surface area contributed by atoms with Crippen LogP contribution in [0, 0.1) is 0 Å². The highest BCUT2D eigenvalue weighted by Gasteiger charge is 2.15. The Morgan fingerprint density at radius 3 is 2.43 bits per heavy atom. The van der Waals surface area contributed by atoms with Gasteiger partial charge in [0.15, 0.2) is 10.9 Å². The van der Waals surface area contributed by atoms with E-state index in [9.17, 15) is 4.79 Å². The zero-order valence-electron chi connectivity index (χ0n) is 13.4. The van der Waals surface area contributed by atoms with Gasteiger partial charge >= 0.3 is 0 Å². The van der Waals surface area contributed by atoms with Crippen molar-refractivity contribution in [1.82, 2.24) is 4.98 Å². The summed E-state index contributed by atoms with van der Waals surface area (Å²) in [6.45, 7) is 4.47.